The minimum absolute atomic E-state index is 0.194. The van der Waals surface area contributed by atoms with Crippen molar-refractivity contribution in [2.24, 2.45) is 0 Å². The normalized spacial score (nSPS) is 18.8. The zero-order chi connectivity index (χ0) is 9.31. The van der Waals surface area contributed by atoms with E-state index >= 15 is 0 Å². The van der Waals surface area contributed by atoms with Gasteiger partial charge in [0.1, 0.15) is 0 Å². The number of hydrogen-bond acceptors (Lipinski definition) is 1. The predicted molar refractivity (Wildman–Crippen MR) is 55.3 cm³/mol. The maximum Gasteiger partial charge on any atom is 0.0833 e. The lowest BCUT2D eigenvalue weighted by Crippen LogP contribution is -2.32. The van der Waals surface area contributed by atoms with Crippen molar-refractivity contribution in [1.29, 1.82) is 5.26 Å². The molecular formula is C11H10BrN. The summed E-state index contributed by atoms with van der Waals surface area (Å²) in [5, 5.41) is 9.14. The lowest BCUT2D eigenvalue weighted by molar-refractivity contribution is 0.323. The largest absolute Gasteiger partial charge is 0.197 e. The summed E-state index contributed by atoms with van der Waals surface area (Å²) in [6.07, 6.45) is 3.19. The van der Waals surface area contributed by atoms with Gasteiger partial charge in [0.15, 0.2) is 0 Å². The van der Waals surface area contributed by atoms with Gasteiger partial charge in [-0.25, -0.2) is 0 Å². The van der Waals surface area contributed by atoms with Gasteiger partial charge < -0.3 is 0 Å². The van der Waals surface area contributed by atoms with Crippen molar-refractivity contribution in [3.05, 3.63) is 34.3 Å². The van der Waals surface area contributed by atoms with E-state index in [1.807, 2.05) is 24.3 Å². The fourth-order valence-electron chi connectivity index (χ4n) is 1.82. The molecular weight excluding hydrogens is 226 g/mol. The summed E-state index contributed by atoms with van der Waals surface area (Å²) < 4.78 is 1.07. The van der Waals surface area contributed by atoms with Crippen LogP contribution in [0.15, 0.2) is 28.7 Å². The third-order valence-corrected chi connectivity index (χ3v) is 3.50. The average Bonchev–Trinajstić information content (AvgIpc) is 2.07. The van der Waals surface area contributed by atoms with Gasteiger partial charge in [0, 0.05) is 4.47 Å². The molecule has 0 aliphatic heterocycles. The quantitative estimate of drug-likeness (QED) is 0.733. The summed E-state index contributed by atoms with van der Waals surface area (Å²) in [4.78, 5) is 0. The molecule has 0 spiro atoms. The van der Waals surface area contributed by atoms with Crippen molar-refractivity contribution >= 4 is 15.9 Å². The first-order valence-corrected chi connectivity index (χ1v) is 5.24. The second kappa shape index (κ2) is 3.16. The van der Waals surface area contributed by atoms with Crippen LogP contribution in [0.3, 0.4) is 0 Å². The van der Waals surface area contributed by atoms with E-state index in [0.717, 1.165) is 22.9 Å². The summed E-state index contributed by atoms with van der Waals surface area (Å²) >= 11 is 3.50. The van der Waals surface area contributed by atoms with Gasteiger partial charge in [-0.15, -0.1) is 0 Å². The van der Waals surface area contributed by atoms with Crippen molar-refractivity contribution in [2.45, 2.75) is 24.7 Å². The smallest absolute Gasteiger partial charge is 0.0833 e. The SMILES string of the molecule is N#CC1(c2ccccc2Br)CCC1. The highest BCUT2D eigenvalue weighted by Crippen LogP contribution is 2.45. The first-order valence-electron chi connectivity index (χ1n) is 4.45. The Morgan fingerprint density at radius 3 is 2.46 bits per heavy atom. The maximum absolute atomic E-state index is 9.14. The molecule has 1 aliphatic rings. The van der Waals surface area contributed by atoms with Crippen molar-refractivity contribution in [3.8, 4) is 6.07 Å². The highest BCUT2D eigenvalue weighted by Gasteiger charge is 2.39. The molecule has 1 fully saturated rings. The number of halogens is 1. The number of hydrogen-bond donors (Lipinski definition) is 0. The lowest BCUT2D eigenvalue weighted by atomic mass is 9.65. The molecule has 0 N–H and O–H groups in total. The van der Waals surface area contributed by atoms with E-state index in [-0.39, 0.29) is 5.41 Å². The molecule has 0 atom stereocenters. The van der Waals surface area contributed by atoms with Crippen LogP contribution in [-0.2, 0) is 5.41 Å². The molecule has 0 bridgehead atoms. The molecule has 1 aromatic carbocycles. The van der Waals surface area contributed by atoms with Crippen LogP contribution in [0.1, 0.15) is 24.8 Å². The zero-order valence-corrected chi connectivity index (χ0v) is 8.84. The maximum atomic E-state index is 9.14. The van der Waals surface area contributed by atoms with Gasteiger partial charge in [-0.2, -0.15) is 5.26 Å². The van der Waals surface area contributed by atoms with Gasteiger partial charge in [-0.3, -0.25) is 0 Å². The number of rotatable bonds is 1. The van der Waals surface area contributed by atoms with E-state index in [4.69, 9.17) is 5.26 Å². The second-order valence-electron chi connectivity index (χ2n) is 3.53. The molecule has 0 unspecified atom stereocenters. The van der Waals surface area contributed by atoms with Gasteiger partial charge >= 0.3 is 0 Å². The molecule has 1 aromatic rings. The molecule has 2 rings (SSSR count). The molecule has 1 saturated carbocycles. The van der Waals surface area contributed by atoms with Gasteiger partial charge in [0.25, 0.3) is 0 Å². The Hall–Kier alpha value is -0.810. The van der Waals surface area contributed by atoms with Crippen molar-refractivity contribution in [2.75, 3.05) is 0 Å². The third-order valence-electron chi connectivity index (χ3n) is 2.81. The lowest BCUT2D eigenvalue weighted by Gasteiger charge is -2.36. The van der Waals surface area contributed by atoms with E-state index in [9.17, 15) is 0 Å². The van der Waals surface area contributed by atoms with Crippen LogP contribution < -0.4 is 0 Å². The van der Waals surface area contributed by atoms with Crippen molar-refractivity contribution in [1.82, 2.24) is 0 Å². The van der Waals surface area contributed by atoms with Crippen LogP contribution >= 0.6 is 15.9 Å². The Morgan fingerprint density at radius 2 is 2.00 bits per heavy atom. The monoisotopic (exact) mass is 235 g/mol. The Morgan fingerprint density at radius 1 is 1.31 bits per heavy atom. The van der Waals surface area contributed by atoms with E-state index in [1.165, 1.54) is 6.42 Å². The number of nitrogens with zero attached hydrogens (tertiary/aromatic N) is 1. The average molecular weight is 236 g/mol. The fraction of sp³-hybridized carbons (Fsp3) is 0.364. The minimum Gasteiger partial charge on any atom is -0.197 e. The summed E-state index contributed by atoms with van der Waals surface area (Å²) in [6.45, 7) is 0. The molecule has 0 saturated heterocycles. The Balaban J connectivity index is 2.46. The van der Waals surface area contributed by atoms with E-state index in [2.05, 4.69) is 22.0 Å². The van der Waals surface area contributed by atoms with Crippen molar-refractivity contribution in [3.63, 3.8) is 0 Å². The van der Waals surface area contributed by atoms with Crippen LogP contribution in [0.4, 0.5) is 0 Å². The van der Waals surface area contributed by atoms with Crippen LogP contribution in [-0.4, -0.2) is 0 Å². The summed E-state index contributed by atoms with van der Waals surface area (Å²) in [7, 11) is 0. The Labute approximate surface area is 86.5 Å². The highest BCUT2D eigenvalue weighted by atomic mass is 79.9. The van der Waals surface area contributed by atoms with Crippen LogP contribution in [0, 0.1) is 11.3 Å². The van der Waals surface area contributed by atoms with Crippen LogP contribution in [0.5, 0.6) is 0 Å². The molecule has 0 heterocycles. The standard InChI is InChI=1S/C11H10BrN/c12-10-5-2-1-4-9(10)11(8-13)6-3-7-11/h1-2,4-5H,3,6-7H2. The van der Waals surface area contributed by atoms with E-state index in [0.29, 0.717) is 0 Å². The van der Waals surface area contributed by atoms with Gasteiger partial charge in [-0.1, -0.05) is 34.1 Å². The Kier molecular flexibility index (Phi) is 2.13. The van der Waals surface area contributed by atoms with E-state index in [1.54, 1.807) is 0 Å². The molecule has 1 nitrogen and oxygen atoms in total. The molecule has 66 valence electrons. The van der Waals surface area contributed by atoms with Crippen LogP contribution in [0.25, 0.3) is 0 Å². The highest BCUT2D eigenvalue weighted by molar-refractivity contribution is 9.10. The molecule has 0 aromatic heterocycles. The minimum atomic E-state index is -0.194. The van der Waals surface area contributed by atoms with Gasteiger partial charge in [0.2, 0.25) is 0 Å². The molecule has 2 heteroatoms. The summed E-state index contributed by atoms with van der Waals surface area (Å²) in [5.41, 5.74) is 0.962. The van der Waals surface area contributed by atoms with Crippen molar-refractivity contribution < 1.29 is 0 Å². The van der Waals surface area contributed by atoms with Gasteiger partial charge in [0.05, 0.1) is 11.5 Å². The molecule has 1 aliphatic carbocycles. The summed E-state index contributed by atoms with van der Waals surface area (Å²) in [5.74, 6) is 0. The number of benzene rings is 1. The van der Waals surface area contributed by atoms with Crippen LogP contribution in [0.2, 0.25) is 0 Å². The number of nitriles is 1. The Bertz CT molecular complexity index is 361. The van der Waals surface area contributed by atoms with E-state index < -0.39 is 0 Å². The molecule has 0 radical (unpaired) electrons. The predicted octanol–water partition coefficient (Wildman–Crippen LogP) is 3.39. The fourth-order valence-corrected chi connectivity index (χ4v) is 2.49. The molecule has 0 amide bonds. The first kappa shape index (κ1) is 8.77. The zero-order valence-electron chi connectivity index (χ0n) is 7.26. The third kappa shape index (κ3) is 1.28. The summed E-state index contributed by atoms with van der Waals surface area (Å²) in [6, 6.07) is 10.5. The first-order chi connectivity index (χ1) is 6.28. The second-order valence-corrected chi connectivity index (χ2v) is 4.38. The topological polar surface area (TPSA) is 23.8 Å². The molecule has 13 heavy (non-hydrogen) atoms. The van der Waals surface area contributed by atoms with Gasteiger partial charge in [-0.05, 0) is 30.9 Å².